The number of halogens is 2. The van der Waals surface area contributed by atoms with Crippen LogP contribution in [-0.4, -0.2) is 41.8 Å². The molecule has 0 aromatic heterocycles. The van der Waals surface area contributed by atoms with Crippen molar-refractivity contribution >= 4 is 17.6 Å². The van der Waals surface area contributed by atoms with Gasteiger partial charge in [0.25, 0.3) is 0 Å². The highest BCUT2D eigenvalue weighted by molar-refractivity contribution is 6.31. The molecule has 7 heteroatoms. The lowest BCUT2D eigenvalue weighted by molar-refractivity contribution is -0.140. The third-order valence-electron chi connectivity index (χ3n) is 4.54. The van der Waals surface area contributed by atoms with Crippen LogP contribution in [0.3, 0.4) is 0 Å². The molecule has 0 aliphatic carbocycles. The van der Waals surface area contributed by atoms with E-state index in [1.807, 2.05) is 24.3 Å². The number of rotatable bonds is 7. The van der Waals surface area contributed by atoms with Gasteiger partial charge in [0.15, 0.2) is 0 Å². The lowest BCUT2D eigenvalue weighted by atomic mass is 10.1. The second-order valence-corrected chi connectivity index (χ2v) is 6.80. The highest BCUT2D eigenvalue weighted by Gasteiger charge is 2.26. The van der Waals surface area contributed by atoms with Gasteiger partial charge in [0.05, 0.1) is 24.7 Å². The van der Waals surface area contributed by atoms with E-state index in [1.165, 1.54) is 6.07 Å². The first-order valence-electron chi connectivity index (χ1n) is 8.72. The molecular weight excluding hydrogens is 373 g/mol. The van der Waals surface area contributed by atoms with Crippen LogP contribution in [-0.2, 0) is 22.7 Å². The number of benzene rings is 2. The number of aliphatic carboxylic acids is 1. The van der Waals surface area contributed by atoms with Crippen molar-refractivity contribution in [2.45, 2.75) is 25.6 Å². The first-order valence-corrected chi connectivity index (χ1v) is 9.09. The first-order chi connectivity index (χ1) is 13.0. The van der Waals surface area contributed by atoms with Gasteiger partial charge in [0.1, 0.15) is 18.2 Å². The zero-order chi connectivity index (χ0) is 19.2. The van der Waals surface area contributed by atoms with Gasteiger partial charge in [-0.05, 0) is 18.2 Å². The lowest BCUT2D eigenvalue weighted by Crippen LogP contribution is -2.45. The Morgan fingerprint density at radius 3 is 2.89 bits per heavy atom. The average molecular weight is 394 g/mol. The maximum absolute atomic E-state index is 14.0. The number of ether oxygens (including phenoxy) is 2. The summed E-state index contributed by atoms with van der Waals surface area (Å²) in [5.41, 5.74) is 1.21. The largest absolute Gasteiger partial charge is 0.488 e. The van der Waals surface area contributed by atoms with Crippen molar-refractivity contribution in [2.24, 2.45) is 0 Å². The van der Waals surface area contributed by atoms with Crippen molar-refractivity contribution in [1.82, 2.24) is 4.90 Å². The average Bonchev–Trinajstić information content (AvgIpc) is 2.64. The monoisotopic (exact) mass is 393 g/mol. The van der Waals surface area contributed by atoms with E-state index >= 15 is 0 Å². The van der Waals surface area contributed by atoms with E-state index in [-0.39, 0.29) is 19.1 Å². The molecule has 1 fully saturated rings. The van der Waals surface area contributed by atoms with Gasteiger partial charge in [-0.25, -0.2) is 4.39 Å². The number of carboxylic acids is 1. The molecule has 0 spiro atoms. The Labute approximate surface area is 162 Å². The SMILES string of the molecule is O=C(O)C[C@@H]1COCCN1Cc1ccccc1OCc1c(F)cccc1Cl. The van der Waals surface area contributed by atoms with Crippen LogP contribution in [0.4, 0.5) is 4.39 Å². The third kappa shape index (κ3) is 5.19. The smallest absolute Gasteiger partial charge is 0.305 e. The Bertz CT molecular complexity index is 781. The number of hydrogen-bond acceptors (Lipinski definition) is 4. The van der Waals surface area contributed by atoms with Crippen molar-refractivity contribution < 1.29 is 23.8 Å². The van der Waals surface area contributed by atoms with E-state index in [9.17, 15) is 9.18 Å². The zero-order valence-corrected chi connectivity index (χ0v) is 15.5. The zero-order valence-electron chi connectivity index (χ0n) is 14.7. The number of carboxylic acid groups (broad SMARTS) is 1. The van der Waals surface area contributed by atoms with Gasteiger partial charge in [-0.2, -0.15) is 0 Å². The molecule has 2 aromatic carbocycles. The number of morpholine rings is 1. The molecule has 0 unspecified atom stereocenters. The number of carbonyl (C=O) groups is 1. The third-order valence-corrected chi connectivity index (χ3v) is 4.89. The number of para-hydroxylation sites is 1. The minimum Gasteiger partial charge on any atom is -0.488 e. The summed E-state index contributed by atoms with van der Waals surface area (Å²) >= 11 is 6.06. The van der Waals surface area contributed by atoms with E-state index < -0.39 is 11.8 Å². The molecule has 0 radical (unpaired) electrons. The Balaban J connectivity index is 1.72. The molecule has 1 saturated heterocycles. The fourth-order valence-corrected chi connectivity index (χ4v) is 3.32. The first kappa shape index (κ1) is 19.6. The summed E-state index contributed by atoms with van der Waals surface area (Å²) in [6.07, 6.45) is 0.0217. The topological polar surface area (TPSA) is 59.0 Å². The Morgan fingerprint density at radius 2 is 2.11 bits per heavy atom. The van der Waals surface area contributed by atoms with Gasteiger partial charge >= 0.3 is 5.97 Å². The molecule has 27 heavy (non-hydrogen) atoms. The molecule has 1 N–H and O–H groups in total. The van der Waals surface area contributed by atoms with Crippen molar-refractivity contribution in [1.29, 1.82) is 0 Å². The van der Waals surface area contributed by atoms with Crippen molar-refractivity contribution in [3.8, 4) is 5.75 Å². The summed E-state index contributed by atoms with van der Waals surface area (Å²) in [4.78, 5) is 13.2. The van der Waals surface area contributed by atoms with Crippen LogP contribution in [0.5, 0.6) is 5.75 Å². The summed E-state index contributed by atoms with van der Waals surface area (Å²) in [7, 11) is 0. The van der Waals surface area contributed by atoms with Crippen LogP contribution in [0.2, 0.25) is 5.02 Å². The van der Waals surface area contributed by atoms with Crippen LogP contribution in [0.25, 0.3) is 0 Å². The maximum Gasteiger partial charge on any atom is 0.305 e. The molecule has 5 nitrogen and oxygen atoms in total. The Kier molecular flexibility index (Phi) is 6.66. The lowest BCUT2D eigenvalue weighted by Gasteiger charge is -2.35. The van der Waals surface area contributed by atoms with Crippen molar-refractivity contribution in [2.75, 3.05) is 19.8 Å². The van der Waals surface area contributed by atoms with Crippen molar-refractivity contribution in [3.05, 3.63) is 64.4 Å². The minimum atomic E-state index is -0.853. The van der Waals surface area contributed by atoms with E-state index in [0.717, 1.165) is 5.56 Å². The van der Waals surface area contributed by atoms with E-state index in [4.69, 9.17) is 26.2 Å². The molecule has 0 bridgehead atoms. The summed E-state index contributed by atoms with van der Waals surface area (Å²) in [6.45, 7) is 2.14. The van der Waals surface area contributed by atoms with Gasteiger partial charge in [-0.1, -0.05) is 35.9 Å². The van der Waals surface area contributed by atoms with E-state index in [1.54, 1.807) is 12.1 Å². The van der Waals surface area contributed by atoms with Gasteiger partial charge in [-0.3, -0.25) is 9.69 Å². The molecule has 0 amide bonds. The normalized spacial score (nSPS) is 17.6. The number of hydrogen-bond donors (Lipinski definition) is 1. The van der Waals surface area contributed by atoms with E-state index in [2.05, 4.69) is 4.90 Å². The fraction of sp³-hybridized carbons (Fsp3) is 0.350. The van der Waals surface area contributed by atoms with Crippen LogP contribution in [0, 0.1) is 5.82 Å². The molecule has 2 aromatic rings. The molecule has 1 aliphatic heterocycles. The summed E-state index contributed by atoms with van der Waals surface area (Å²) < 4.78 is 25.2. The van der Waals surface area contributed by atoms with Crippen molar-refractivity contribution in [3.63, 3.8) is 0 Å². The standard InChI is InChI=1S/C20H21ClFNO4/c21-17-5-3-6-18(22)16(17)13-27-19-7-2-1-4-14(19)11-23-8-9-26-12-15(23)10-20(24)25/h1-7,15H,8-13H2,(H,24,25)/t15-/m1/s1. The summed E-state index contributed by atoms with van der Waals surface area (Å²) in [6, 6.07) is 11.8. The molecule has 144 valence electrons. The fourth-order valence-electron chi connectivity index (χ4n) is 3.10. The summed E-state index contributed by atoms with van der Waals surface area (Å²) in [5.74, 6) is -0.638. The highest BCUT2D eigenvalue weighted by Crippen LogP contribution is 2.26. The molecular formula is C20H21ClFNO4. The van der Waals surface area contributed by atoms with Gasteiger partial charge in [-0.15, -0.1) is 0 Å². The maximum atomic E-state index is 14.0. The second kappa shape index (κ2) is 9.17. The van der Waals surface area contributed by atoms with Crippen LogP contribution in [0.15, 0.2) is 42.5 Å². The number of nitrogens with zero attached hydrogens (tertiary/aromatic N) is 1. The molecule has 0 saturated carbocycles. The predicted octanol–water partition coefficient (Wildman–Crippen LogP) is 3.73. The molecule has 1 heterocycles. The quantitative estimate of drug-likeness (QED) is 0.776. The minimum absolute atomic E-state index is 0.0180. The molecule has 1 aliphatic rings. The Hall–Kier alpha value is -2.15. The predicted molar refractivity (Wildman–Crippen MR) is 99.5 cm³/mol. The van der Waals surface area contributed by atoms with Gasteiger partial charge in [0, 0.05) is 30.3 Å². The van der Waals surface area contributed by atoms with Crippen LogP contribution in [0.1, 0.15) is 17.5 Å². The van der Waals surface area contributed by atoms with Gasteiger partial charge < -0.3 is 14.6 Å². The van der Waals surface area contributed by atoms with E-state index in [0.29, 0.717) is 42.6 Å². The molecule has 1 atom stereocenters. The van der Waals surface area contributed by atoms with Crippen LogP contribution < -0.4 is 4.74 Å². The highest BCUT2D eigenvalue weighted by atomic mass is 35.5. The van der Waals surface area contributed by atoms with Crippen LogP contribution >= 0.6 is 11.6 Å². The molecule has 3 rings (SSSR count). The Morgan fingerprint density at radius 1 is 1.30 bits per heavy atom. The van der Waals surface area contributed by atoms with Gasteiger partial charge in [0.2, 0.25) is 0 Å². The second-order valence-electron chi connectivity index (χ2n) is 6.39. The summed E-state index contributed by atoms with van der Waals surface area (Å²) in [5, 5.41) is 9.43.